The largest absolute Gasteiger partial charge is 0.481 e. The van der Waals surface area contributed by atoms with Crippen molar-refractivity contribution in [2.45, 2.75) is 51.9 Å². The van der Waals surface area contributed by atoms with Crippen molar-refractivity contribution in [3.63, 3.8) is 0 Å². The van der Waals surface area contributed by atoms with Crippen molar-refractivity contribution in [2.24, 2.45) is 0 Å². The number of alkyl halides is 2. The van der Waals surface area contributed by atoms with Gasteiger partial charge in [-0.05, 0) is 36.5 Å². The molecule has 106 valence electrons. The summed E-state index contributed by atoms with van der Waals surface area (Å²) in [6.07, 6.45) is 0.613. The molecule has 0 aliphatic rings. The summed E-state index contributed by atoms with van der Waals surface area (Å²) in [5, 5.41) is 8.52. The number of hydrogen-bond acceptors (Lipinski definition) is 1. The summed E-state index contributed by atoms with van der Waals surface area (Å²) in [4.78, 5) is 10.4. The number of halogens is 2. The van der Waals surface area contributed by atoms with Crippen LogP contribution in [0.2, 0.25) is 0 Å². The van der Waals surface area contributed by atoms with E-state index in [1.54, 1.807) is 12.1 Å². The molecular formula is C15H20F2O2. The zero-order valence-corrected chi connectivity index (χ0v) is 11.4. The molecule has 4 heteroatoms. The Morgan fingerprint density at radius 1 is 1.26 bits per heavy atom. The molecule has 0 aromatic heterocycles. The predicted octanol–water partition coefficient (Wildman–Crippen LogP) is 4.16. The van der Waals surface area contributed by atoms with Gasteiger partial charge >= 0.3 is 5.97 Å². The fourth-order valence-electron chi connectivity index (χ4n) is 2.09. The Morgan fingerprint density at radius 3 is 2.47 bits per heavy atom. The highest BCUT2D eigenvalue weighted by Crippen LogP contribution is 2.36. The monoisotopic (exact) mass is 270 g/mol. The minimum Gasteiger partial charge on any atom is -0.481 e. The fraction of sp³-hybridized carbons (Fsp3) is 0.533. The maximum absolute atomic E-state index is 14.2. The van der Waals surface area contributed by atoms with Gasteiger partial charge in [0.1, 0.15) is 0 Å². The summed E-state index contributed by atoms with van der Waals surface area (Å²) in [6.45, 7) is 3.77. The number of carboxylic acid groups (broad SMARTS) is 1. The van der Waals surface area contributed by atoms with Gasteiger partial charge in [0.2, 0.25) is 0 Å². The van der Waals surface area contributed by atoms with E-state index >= 15 is 0 Å². The first-order valence-corrected chi connectivity index (χ1v) is 6.62. The molecule has 0 heterocycles. The van der Waals surface area contributed by atoms with Crippen LogP contribution >= 0.6 is 0 Å². The van der Waals surface area contributed by atoms with Crippen LogP contribution in [0.5, 0.6) is 0 Å². The Hall–Kier alpha value is -1.45. The van der Waals surface area contributed by atoms with E-state index < -0.39 is 18.3 Å². The summed E-state index contributed by atoms with van der Waals surface area (Å²) in [5.41, 5.74) is 1.57. The second-order valence-corrected chi connectivity index (χ2v) is 4.65. The molecule has 0 atom stereocenters. The normalized spacial score (nSPS) is 11.6. The molecule has 1 N–H and O–H groups in total. The summed E-state index contributed by atoms with van der Waals surface area (Å²) >= 11 is 0. The molecule has 0 fully saturated rings. The Labute approximate surface area is 112 Å². The Balaban J connectivity index is 2.94. The lowest BCUT2D eigenvalue weighted by Crippen LogP contribution is -2.17. The van der Waals surface area contributed by atoms with Crippen molar-refractivity contribution in [3.8, 4) is 0 Å². The predicted molar refractivity (Wildman–Crippen MR) is 70.6 cm³/mol. The minimum atomic E-state index is -2.95. The van der Waals surface area contributed by atoms with Crippen LogP contribution in [0.3, 0.4) is 0 Å². The number of benzene rings is 1. The van der Waals surface area contributed by atoms with Gasteiger partial charge in [-0.1, -0.05) is 26.0 Å². The average Bonchev–Trinajstić information content (AvgIpc) is 2.37. The second-order valence-electron chi connectivity index (χ2n) is 4.65. The summed E-state index contributed by atoms with van der Waals surface area (Å²) in [5.74, 6) is -3.99. The molecule has 0 radical (unpaired) electrons. The molecular weight excluding hydrogens is 250 g/mol. The van der Waals surface area contributed by atoms with Crippen LogP contribution < -0.4 is 0 Å². The first kappa shape index (κ1) is 15.6. The van der Waals surface area contributed by atoms with Crippen LogP contribution in [0.25, 0.3) is 0 Å². The number of hydrogen-bond donors (Lipinski definition) is 1. The molecule has 0 aliphatic heterocycles. The molecule has 1 rings (SSSR count). The summed E-state index contributed by atoms with van der Waals surface area (Å²) < 4.78 is 28.4. The van der Waals surface area contributed by atoms with E-state index in [0.29, 0.717) is 18.4 Å². The highest BCUT2D eigenvalue weighted by Gasteiger charge is 2.33. The number of aryl methyl sites for hydroxylation is 2. The topological polar surface area (TPSA) is 37.3 Å². The molecule has 0 saturated carbocycles. The molecule has 19 heavy (non-hydrogen) atoms. The highest BCUT2D eigenvalue weighted by molar-refractivity contribution is 5.66. The van der Waals surface area contributed by atoms with E-state index in [0.717, 1.165) is 5.56 Å². The first-order chi connectivity index (χ1) is 8.90. The maximum atomic E-state index is 14.2. The van der Waals surface area contributed by atoms with E-state index in [9.17, 15) is 13.6 Å². The molecule has 0 amide bonds. The van der Waals surface area contributed by atoms with E-state index in [1.165, 1.54) is 0 Å². The molecule has 2 nitrogen and oxygen atoms in total. The number of aliphatic carboxylic acids is 1. The standard InChI is InChI=1S/C15H20F2O2/c1-3-11-7-8-12(4-2)13(10-11)15(16,17)9-5-6-14(18)19/h7-8,10H,3-6,9H2,1-2H3,(H,18,19). The Morgan fingerprint density at radius 2 is 1.95 bits per heavy atom. The SMILES string of the molecule is CCc1ccc(CC)c(C(F)(F)CCCC(=O)O)c1. The lowest BCUT2D eigenvalue weighted by Gasteiger charge is -2.20. The zero-order chi connectivity index (χ0) is 14.5. The third-order valence-corrected chi connectivity index (χ3v) is 3.24. The lowest BCUT2D eigenvalue weighted by molar-refractivity contribution is -0.137. The van der Waals surface area contributed by atoms with Crippen molar-refractivity contribution >= 4 is 5.97 Å². The van der Waals surface area contributed by atoms with E-state index in [4.69, 9.17) is 5.11 Å². The van der Waals surface area contributed by atoms with Gasteiger partial charge in [-0.15, -0.1) is 0 Å². The van der Waals surface area contributed by atoms with Gasteiger partial charge < -0.3 is 5.11 Å². The highest BCUT2D eigenvalue weighted by atomic mass is 19.3. The van der Waals surface area contributed by atoms with Crippen molar-refractivity contribution in [1.82, 2.24) is 0 Å². The van der Waals surface area contributed by atoms with Gasteiger partial charge in [-0.3, -0.25) is 4.79 Å². The molecule has 0 bridgehead atoms. The van der Waals surface area contributed by atoms with E-state index in [-0.39, 0.29) is 18.4 Å². The minimum absolute atomic E-state index is 0.0121. The quantitative estimate of drug-likeness (QED) is 0.807. The van der Waals surface area contributed by atoms with Gasteiger partial charge in [0.15, 0.2) is 0 Å². The average molecular weight is 270 g/mol. The molecule has 1 aromatic carbocycles. The van der Waals surface area contributed by atoms with Crippen molar-refractivity contribution in [2.75, 3.05) is 0 Å². The lowest BCUT2D eigenvalue weighted by atomic mass is 9.93. The summed E-state index contributed by atoms with van der Waals surface area (Å²) in [6, 6.07) is 5.18. The zero-order valence-electron chi connectivity index (χ0n) is 11.4. The van der Waals surface area contributed by atoms with E-state index in [2.05, 4.69) is 0 Å². The first-order valence-electron chi connectivity index (χ1n) is 6.62. The van der Waals surface area contributed by atoms with E-state index in [1.807, 2.05) is 19.9 Å². The van der Waals surface area contributed by atoms with Crippen LogP contribution in [-0.4, -0.2) is 11.1 Å². The third-order valence-electron chi connectivity index (χ3n) is 3.24. The van der Waals surface area contributed by atoms with Crippen LogP contribution in [0, 0.1) is 0 Å². The fourth-order valence-corrected chi connectivity index (χ4v) is 2.09. The van der Waals surface area contributed by atoms with Gasteiger partial charge in [-0.25, -0.2) is 8.78 Å². The Kier molecular flexibility index (Phi) is 5.45. The maximum Gasteiger partial charge on any atom is 0.303 e. The number of carbonyl (C=O) groups is 1. The van der Waals surface area contributed by atoms with Gasteiger partial charge in [-0.2, -0.15) is 0 Å². The van der Waals surface area contributed by atoms with Crippen LogP contribution in [0.1, 0.15) is 49.8 Å². The van der Waals surface area contributed by atoms with Gasteiger partial charge in [0, 0.05) is 18.4 Å². The molecule has 0 unspecified atom stereocenters. The Bertz CT molecular complexity index is 442. The van der Waals surface area contributed by atoms with Crippen LogP contribution in [0.15, 0.2) is 18.2 Å². The van der Waals surface area contributed by atoms with Crippen molar-refractivity contribution < 1.29 is 18.7 Å². The number of carboxylic acids is 1. The van der Waals surface area contributed by atoms with Gasteiger partial charge in [0.25, 0.3) is 5.92 Å². The second kappa shape index (κ2) is 6.64. The van der Waals surface area contributed by atoms with Crippen LogP contribution in [0.4, 0.5) is 8.78 Å². The van der Waals surface area contributed by atoms with Gasteiger partial charge in [0.05, 0.1) is 0 Å². The van der Waals surface area contributed by atoms with Crippen LogP contribution in [-0.2, 0) is 23.6 Å². The number of rotatable bonds is 7. The molecule has 0 spiro atoms. The molecule has 0 saturated heterocycles. The summed E-state index contributed by atoms with van der Waals surface area (Å²) in [7, 11) is 0. The third kappa shape index (κ3) is 4.30. The molecule has 0 aliphatic carbocycles. The van der Waals surface area contributed by atoms with Crippen molar-refractivity contribution in [3.05, 3.63) is 34.9 Å². The smallest absolute Gasteiger partial charge is 0.303 e. The van der Waals surface area contributed by atoms with Crippen molar-refractivity contribution in [1.29, 1.82) is 0 Å². The molecule has 1 aromatic rings.